The van der Waals surface area contributed by atoms with Crippen LogP contribution in [0.15, 0.2) is 0 Å². The van der Waals surface area contributed by atoms with Crippen molar-refractivity contribution in [2.45, 2.75) is 51.5 Å². The number of fused-ring (bicyclic) bond motifs is 1. The number of H-pyrrole nitrogens is 1. The number of rotatable bonds is 2. The van der Waals surface area contributed by atoms with Crippen molar-refractivity contribution in [3.8, 4) is 0 Å². The normalized spacial score (nSPS) is 18.7. The van der Waals surface area contributed by atoms with Crippen molar-refractivity contribution in [3.05, 3.63) is 17.2 Å². The molecule has 1 aliphatic carbocycles. The highest BCUT2D eigenvalue weighted by Crippen LogP contribution is 2.18. The Morgan fingerprint density at radius 1 is 1.36 bits per heavy atom. The van der Waals surface area contributed by atoms with E-state index in [1.165, 1.54) is 37.1 Å². The van der Waals surface area contributed by atoms with Crippen molar-refractivity contribution in [1.29, 1.82) is 0 Å². The Kier molecular flexibility index (Phi) is 2.87. The van der Waals surface area contributed by atoms with E-state index >= 15 is 0 Å². The van der Waals surface area contributed by atoms with Gasteiger partial charge in [-0.15, -0.1) is 0 Å². The number of imidazole rings is 1. The fraction of sp³-hybridized carbons (Fsp3) is 0.727. The molecule has 0 bridgehead atoms. The fourth-order valence-corrected chi connectivity index (χ4v) is 2.09. The van der Waals surface area contributed by atoms with Crippen LogP contribution >= 0.6 is 0 Å². The number of hydrogen-bond acceptors (Lipinski definition) is 2. The molecule has 0 spiro atoms. The lowest BCUT2D eigenvalue weighted by molar-refractivity contribution is 0.681. The minimum atomic E-state index is 0.199. The Hall–Kier alpha value is -0.830. The van der Waals surface area contributed by atoms with E-state index < -0.39 is 0 Å². The van der Waals surface area contributed by atoms with Crippen LogP contribution in [0.4, 0.5) is 0 Å². The van der Waals surface area contributed by atoms with E-state index in [4.69, 9.17) is 5.73 Å². The van der Waals surface area contributed by atoms with Gasteiger partial charge in [-0.2, -0.15) is 0 Å². The van der Waals surface area contributed by atoms with Crippen LogP contribution in [0.1, 0.15) is 43.4 Å². The van der Waals surface area contributed by atoms with Crippen molar-refractivity contribution >= 4 is 0 Å². The number of aryl methyl sites for hydroxylation is 2. The maximum Gasteiger partial charge on any atom is 0.108 e. The Bertz CT molecular complexity index is 278. The van der Waals surface area contributed by atoms with Crippen molar-refractivity contribution in [1.82, 2.24) is 9.97 Å². The maximum absolute atomic E-state index is 5.75. The van der Waals surface area contributed by atoms with Crippen molar-refractivity contribution < 1.29 is 0 Å². The number of nitrogens with two attached hydrogens (primary N) is 1. The number of aromatic nitrogens is 2. The molecule has 0 fully saturated rings. The zero-order valence-corrected chi connectivity index (χ0v) is 8.84. The minimum Gasteiger partial charge on any atom is -0.346 e. The molecule has 3 nitrogen and oxygen atoms in total. The summed E-state index contributed by atoms with van der Waals surface area (Å²) in [6.45, 7) is 2.02. The van der Waals surface area contributed by atoms with Gasteiger partial charge >= 0.3 is 0 Å². The first-order valence-electron chi connectivity index (χ1n) is 5.58. The molecule has 0 saturated heterocycles. The topological polar surface area (TPSA) is 54.7 Å². The van der Waals surface area contributed by atoms with Crippen LogP contribution in [-0.4, -0.2) is 16.0 Å². The first kappa shape index (κ1) is 9.71. The molecule has 2 rings (SSSR count). The van der Waals surface area contributed by atoms with Crippen LogP contribution in [0.25, 0.3) is 0 Å². The number of nitrogens with one attached hydrogen (secondary N) is 1. The van der Waals surface area contributed by atoms with Gasteiger partial charge in [-0.1, -0.05) is 6.42 Å². The second kappa shape index (κ2) is 4.13. The van der Waals surface area contributed by atoms with Crippen molar-refractivity contribution in [2.75, 3.05) is 0 Å². The average Bonchev–Trinajstić information content (AvgIpc) is 2.34. The minimum absolute atomic E-state index is 0.199. The van der Waals surface area contributed by atoms with E-state index in [2.05, 4.69) is 9.97 Å². The van der Waals surface area contributed by atoms with Crippen LogP contribution in [0.5, 0.6) is 0 Å². The molecule has 1 aliphatic rings. The monoisotopic (exact) mass is 193 g/mol. The third-order valence-electron chi connectivity index (χ3n) is 2.77. The summed E-state index contributed by atoms with van der Waals surface area (Å²) in [5, 5.41) is 0. The van der Waals surface area contributed by atoms with Crippen molar-refractivity contribution in [2.24, 2.45) is 5.73 Å². The Labute approximate surface area is 85.1 Å². The summed E-state index contributed by atoms with van der Waals surface area (Å²) in [6.07, 6.45) is 7.11. The quantitative estimate of drug-likeness (QED) is 0.700. The molecule has 3 heteroatoms. The first-order valence-corrected chi connectivity index (χ1v) is 5.58. The molecule has 78 valence electrons. The van der Waals surface area contributed by atoms with Gasteiger partial charge in [-0.05, 0) is 32.6 Å². The highest BCUT2D eigenvalue weighted by Gasteiger charge is 2.13. The SMILES string of the molecule is CC(N)Cc1nc2c([nH]1)CCCCC2. The van der Waals surface area contributed by atoms with Gasteiger partial charge in [-0.3, -0.25) is 0 Å². The van der Waals surface area contributed by atoms with Crippen LogP contribution in [-0.2, 0) is 19.3 Å². The highest BCUT2D eigenvalue weighted by molar-refractivity contribution is 5.16. The van der Waals surface area contributed by atoms with Crippen LogP contribution < -0.4 is 5.73 Å². The number of hydrogen-bond donors (Lipinski definition) is 2. The molecule has 0 saturated carbocycles. The van der Waals surface area contributed by atoms with E-state index in [0.29, 0.717) is 0 Å². The summed E-state index contributed by atoms with van der Waals surface area (Å²) < 4.78 is 0. The summed E-state index contributed by atoms with van der Waals surface area (Å²) in [6, 6.07) is 0.199. The smallest absolute Gasteiger partial charge is 0.108 e. The Balaban J connectivity index is 2.14. The van der Waals surface area contributed by atoms with Gasteiger partial charge in [-0.25, -0.2) is 4.98 Å². The molecule has 0 radical (unpaired) electrons. The van der Waals surface area contributed by atoms with Gasteiger partial charge in [0.25, 0.3) is 0 Å². The van der Waals surface area contributed by atoms with E-state index in [-0.39, 0.29) is 6.04 Å². The van der Waals surface area contributed by atoms with Crippen LogP contribution in [0, 0.1) is 0 Å². The highest BCUT2D eigenvalue weighted by atomic mass is 14.9. The zero-order chi connectivity index (χ0) is 9.97. The van der Waals surface area contributed by atoms with Crippen LogP contribution in [0.3, 0.4) is 0 Å². The van der Waals surface area contributed by atoms with Crippen LogP contribution in [0.2, 0.25) is 0 Å². The van der Waals surface area contributed by atoms with Gasteiger partial charge in [0.2, 0.25) is 0 Å². The molecule has 1 aromatic heterocycles. The predicted octanol–water partition coefficient (Wildman–Crippen LogP) is 1.57. The molecule has 1 heterocycles. The average molecular weight is 193 g/mol. The lowest BCUT2D eigenvalue weighted by atomic mass is 10.2. The van der Waals surface area contributed by atoms with Gasteiger partial charge < -0.3 is 10.7 Å². The summed E-state index contributed by atoms with van der Waals surface area (Å²) >= 11 is 0. The van der Waals surface area contributed by atoms with Gasteiger partial charge in [0.1, 0.15) is 5.82 Å². The molecule has 14 heavy (non-hydrogen) atoms. The molecule has 0 amide bonds. The third-order valence-corrected chi connectivity index (χ3v) is 2.77. The lowest BCUT2D eigenvalue weighted by Crippen LogP contribution is -2.18. The second-order valence-corrected chi connectivity index (χ2v) is 4.35. The molecule has 1 aromatic rings. The largest absolute Gasteiger partial charge is 0.346 e. The third kappa shape index (κ3) is 2.15. The molecule has 0 aliphatic heterocycles. The van der Waals surface area contributed by atoms with E-state index in [1.54, 1.807) is 0 Å². The first-order chi connectivity index (χ1) is 6.75. The Morgan fingerprint density at radius 3 is 2.93 bits per heavy atom. The summed E-state index contributed by atoms with van der Waals surface area (Å²) in [5.74, 6) is 1.08. The zero-order valence-electron chi connectivity index (χ0n) is 8.84. The van der Waals surface area contributed by atoms with E-state index in [0.717, 1.165) is 18.7 Å². The van der Waals surface area contributed by atoms with Gasteiger partial charge in [0.15, 0.2) is 0 Å². The summed E-state index contributed by atoms with van der Waals surface area (Å²) in [5.41, 5.74) is 8.40. The standard InChI is InChI=1S/C11H19N3/c1-8(12)7-11-13-9-5-3-2-4-6-10(9)14-11/h8H,2-7,12H2,1H3,(H,13,14). The van der Waals surface area contributed by atoms with Gasteiger partial charge in [0.05, 0.1) is 5.69 Å². The van der Waals surface area contributed by atoms with Gasteiger partial charge in [0, 0.05) is 18.2 Å². The molecule has 3 N–H and O–H groups in total. The fourth-order valence-electron chi connectivity index (χ4n) is 2.09. The Morgan fingerprint density at radius 2 is 2.14 bits per heavy atom. The molecule has 0 aromatic carbocycles. The summed E-state index contributed by atoms with van der Waals surface area (Å²) in [4.78, 5) is 8.03. The van der Waals surface area contributed by atoms with E-state index in [9.17, 15) is 0 Å². The van der Waals surface area contributed by atoms with E-state index in [1.807, 2.05) is 6.92 Å². The predicted molar refractivity (Wildman–Crippen MR) is 57.2 cm³/mol. The molecule has 1 atom stereocenters. The lowest BCUT2D eigenvalue weighted by Gasteiger charge is -2.00. The molecule has 1 unspecified atom stereocenters. The molecular formula is C11H19N3. The van der Waals surface area contributed by atoms with Crippen molar-refractivity contribution in [3.63, 3.8) is 0 Å². The maximum atomic E-state index is 5.75. The summed E-state index contributed by atoms with van der Waals surface area (Å²) in [7, 11) is 0. The second-order valence-electron chi connectivity index (χ2n) is 4.35. The number of nitrogens with zero attached hydrogens (tertiary/aromatic N) is 1. The number of aromatic amines is 1. The molecular weight excluding hydrogens is 174 g/mol.